The first-order valence-corrected chi connectivity index (χ1v) is 9.82. The molecule has 144 valence electrons. The third-order valence-corrected chi connectivity index (χ3v) is 4.85. The van der Waals surface area contributed by atoms with Crippen LogP contribution in [-0.4, -0.2) is 19.2 Å². The predicted molar refractivity (Wildman–Crippen MR) is 105 cm³/mol. The minimum atomic E-state index is -0.418. The molecule has 4 nitrogen and oxygen atoms in total. The Morgan fingerprint density at radius 1 is 0.963 bits per heavy atom. The van der Waals surface area contributed by atoms with E-state index >= 15 is 0 Å². The van der Waals surface area contributed by atoms with Crippen molar-refractivity contribution in [3.63, 3.8) is 0 Å². The quantitative estimate of drug-likeness (QED) is 0.517. The second-order valence-electron chi connectivity index (χ2n) is 6.96. The molecule has 1 heterocycles. The zero-order valence-corrected chi connectivity index (χ0v) is 16.1. The van der Waals surface area contributed by atoms with Gasteiger partial charge in [-0.1, -0.05) is 56.7 Å². The van der Waals surface area contributed by atoms with Crippen LogP contribution in [0.3, 0.4) is 0 Å². The summed E-state index contributed by atoms with van der Waals surface area (Å²) >= 11 is 0. The lowest BCUT2D eigenvalue weighted by molar-refractivity contribution is -0.210. The largest absolute Gasteiger partial charge is 0.426 e. The van der Waals surface area contributed by atoms with Gasteiger partial charge in [0.25, 0.3) is 0 Å². The first-order valence-electron chi connectivity index (χ1n) is 9.82. The molecule has 0 saturated carbocycles. The Kier molecular flexibility index (Phi) is 7.02. The lowest BCUT2D eigenvalue weighted by atomic mass is 10.1. The summed E-state index contributed by atoms with van der Waals surface area (Å²) in [7, 11) is 0. The highest BCUT2D eigenvalue weighted by Crippen LogP contribution is 2.26. The maximum Gasteiger partial charge on any atom is 0.319 e. The van der Waals surface area contributed by atoms with E-state index < -0.39 is 12.2 Å². The van der Waals surface area contributed by atoms with E-state index in [4.69, 9.17) is 14.2 Å². The Labute approximate surface area is 161 Å². The first-order chi connectivity index (χ1) is 13.2. The summed E-state index contributed by atoms with van der Waals surface area (Å²) in [6.45, 7) is 4.88. The van der Waals surface area contributed by atoms with E-state index in [0.717, 1.165) is 18.4 Å². The molecule has 3 rings (SSSR count). The molecule has 4 heteroatoms. The molecule has 0 N–H and O–H groups in total. The number of hydrogen-bond donors (Lipinski definition) is 0. The van der Waals surface area contributed by atoms with Crippen LogP contribution >= 0.6 is 0 Å². The summed E-state index contributed by atoms with van der Waals surface area (Å²) in [4.78, 5) is 12.3. The van der Waals surface area contributed by atoms with E-state index in [1.807, 2.05) is 36.4 Å². The molecule has 2 aromatic carbocycles. The third kappa shape index (κ3) is 5.41. The van der Waals surface area contributed by atoms with Gasteiger partial charge in [0.05, 0.1) is 13.2 Å². The second-order valence-corrected chi connectivity index (χ2v) is 6.96. The number of rotatable bonds is 7. The molecule has 27 heavy (non-hydrogen) atoms. The molecule has 1 saturated heterocycles. The van der Waals surface area contributed by atoms with Crippen molar-refractivity contribution in [1.82, 2.24) is 0 Å². The van der Waals surface area contributed by atoms with Crippen LogP contribution in [0.5, 0.6) is 5.75 Å². The van der Waals surface area contributed by atoms with Gasteiger partial charge in [0.2, 0.25) is 0 Å². The molecule has 0 radical (unpaired) electrons. The SMILES string of the molecule is CCCCc1ccc([C@H]2OC[C@H](C(=O)Oc3ccc(CC)cc3)CO2)cc1. The third-order valence-electron chi connectivity index (χ3n) is 4.85. The monoisotopic (exact) mass is 368 g/mol. The van der Waals surface area contributed by atoms with E-state index in [0.29, 0.717) is 19.0 Å². The number of carbonyl (C=O) groups excluding carboxylic acids is 1. The van der Waals surface area contributed by atoms with Crippen molar-refractivity contribution >= 4 is 5.97 Å². The number of benzene rings is 2. The normalized spacial score (nSPS) is 19.6. The van der Waals surface area contributed by atoms with Crippen molar-refractivity contribution in [2.45, 2.75) is 45.8 Å². The van der Waals surface area contributed by atoms with Crippen molar-refractivity contribution in [2.75, 3.05) is 13.2 Å². The fourth-order valence-corrected chi connectivity index (χ4v) is 3.05. The van der Waals surface area contributed by atoms with Crippen LogP contribution in [0.15, 0.2) is 48.5 Å². The van der Waals surface area contributed by atoms with E-state index in [2.05, 4.69) is 26.0 Å². The van der Waals surface area contributed by atoms with Gasteiger partial charge >= 0.3 is 5.97 Å². The minimum absolute atomic E-state index is 0.300. The summed E-state index contributed by atoms with van der Waals surface area (Å²) in [5, 5.41) is 0. The highest BCUT2D eigenvalue weighted by Gasteiger charge is 2.30. The van der Waals surface area contributed by atoms with Gasteiger partial charge in [-0.25, -0.2) is 0 Å². The number of esters is 1. The maximum atomic E-state index is 12.3. The van der Waals surface area contributed by atoms with Crippen LogP contribution in [-0.2, 0) is 27.1 Å². The Bertz CT molecular complexity index is 713. The molecule has 0 unspecified atom stereocenters. The molecule has 0 atom stereocenters. The van der Waals surface area contributed by atoms with Crippen molar-refractivity contribution in [2.24, 2.45) is 5.92 Å². The Morgan fingerprint density at radius 2 is 1.59 bits per heavy atom. The van der Waals surface area contributed by atoms with Gasteiger partial charge < -0.3 is 14.2 Å². The lowest BCUT2D eigenvalue weighted by Gasteiger charge is -2.28. The summed E-state index contributed by atoms with van der Waals surface area (Å²) in [5.41, 5.74) is 3.52. The molecule has 0 amide bonds. The molecule has 0 spiro atoms. The van der Waals surface area contributed by atoms with Crippen molar-refractivity contribution in [3.05, 3.63) is 65.2 Å². The van der Waals surface area contributed by atoms with Crippen molar-refractivity contribution in [1.29, 1.82) is 0 Å². The smallest absolute Gasteiger partial charge is 0.319 e. The molecule has 1 fully saturated rings. The van der Waals surface area contributed by atoms with Gasteiger partial charge in [-0.3, -0.25) is 4.79 Å². The Hall–Kier alpha value is -2.17. The molecular weight excluding hydrogens is 340 g/mol. The molecule has 0 bridgehead atoms. The Morgan fingerprint density at radius 3 is 2.19 bits per heavy atom. The number of ether oxygens (including phenoxy) is 3. The number of aryl methyl sites for hydroxylation is 2. The molecular formula is C23H28O4. The van der Waals surface area contributed by atoms with Gasteiger partial charge in [-0.2, -0.15) is 0 Å². The highest BCUT2D eigenvalue weighted by molar-refractivity contribution is 5.75. The highest BCUT2D eigenvalue weighted by atomic mass is 16.7. The zero-order chi connectivity index (χ0) is 19.1. The average Bonchev–Trinajstić information content (AvgIpc) is 2.73. The van der Waals surface area contributed by atoms with E-state index in [1.54, 1.807) is 0 Å². The van der Waals surface area contributed by atoms with E-state index in [-0.39, 0.29) is 5.97 Å². The topological polar surface area (TPSA) is 44.8 Å². The number of hydrogen-bond acceptors (Lipinski definition) is 4. The summed E-state index contributed by atoms with van der Waals surface area (Å²) in [6.07, 6.45) is 4.02. The maximum absolute atomic E-state index is 12.3. The molecule has 0 aliphatic carbocycles. The van der Waals surface area contributed by atoms with E-state index in [1.165, 1.54) is 24.0 Å². The van der Waals surface area contributed by atoms with Crippen LogP contribution < -0.4 is 4.74 Å². The van der Waals surface area contributed by atoms with Gasteiger partial charge in [0, 0.05) is 5.56 Å². The van der Waals surface area contributed by atoms with Crippen LogP contribution in [0, 0.1) is 5.92 Å². The first kappa shape index (κ1) is 19.6. The molecule has 0 aromatic heterocycles. The molecule has 2 aromatic rings. The van der Waals surface area contributed by atoms with Gasteiger partial charge in [0.15, 0.2) is 6.29 Å². The van der Waals surface area contributed by atoms with Crippen LogP contribution in [0.4, 0.5) is 0 Å². The van der Waals surface area contributed by atoms with Crippen LogP contribution in [0.2, 0.25) is 0 Å². The molecule has 1 aliphatic heterocycles. The van der Waals surface area contributed by atoms with Crippen molar-refractivity contribution < 1.29 is 19.0 Å². The fourth-order valence-electron chi connectivity index (χ4n) is 3.05. The number of unbranched alkanes of at least 4 members (excludes halogenated alkanes) is 1. The second kappa shape index (κ2) is 9.67. The number of carbonyl (C=O) groups is 1. The fraction of sp³-hybridized carbons (Fsp3) is 0.435. The zero-order valence-electron chi connectivity index (χ0n) is 16.1. The van der Waals surface area contributed by atoms with Crippen LogP contribution in [0.25, 0.3) is 0 Å². The minimum Gasteiger partial charge on any atom is -0.426 e. The van der Waals surface area contributed by atoms with Crippen LogP contribution in [0.1, 0.15) is 49.7 Å². The summed E-state index contributed by atoms with van der Waals surface area (Å²) in [5.74, 6) is -0.162. The average molecular weight is 368 g/mol. The van der Waals surface area contributed by atoms with Crippen molar-refractivity contribution in [3.8, 4) is 5.75 Å². The summed E-state index contributed by atoms with van der Waals surface area (Å²) in [6, 6.07) is 15.9. The van der Waals surface area contributed by atoms with Gasteiger partial charge in [0.1, 0.15) is 11.7 Å². The standard InChI is InChI=1S/C23H28O4/c1-3-5-6-18-7-11-19(12-8-18)23-25-15-20(16-26-23)22(24)27-21-13-9-17(4-2)10-14-21/h7-14,20,23H,3-6,15-16H2,1-2H3/t20-,23-. The van der Waals surface area contributed by atoms with E-state index in [9.17, 15) is 4.79 Å². The summed E-state index contributed by atoms with van der Waals surface area (Å²) < 4.78 is 17.0. The molecule has 1 aliphatic rings. The Balaban J connectivity index is 1.49. The lowest BCUT2D eigenvalue weighted by Crippen LogP contribution is -2.35. The predicted octanol–water partition coefficient (Wildman–Crippen LogP) is 4.86. The van der Waals surface area contributed by atoms with Gasteiger partial charge in [-0.05, 0) is 42.5 Å². The van der Waals surface area contributed by atoms with Gasteiger partial charge in [-0.15, -0.1) is 0 Å².